The lowest BCUT2D eigenvalue weighted by molar-refractivity contribution is -0.384. The minimum atomic E-state index is -0.487. The first-order valence-electron chi connectivity index (χ1n) is 7.48. The molecular weight excluding hydrogens is 312 g/mol. The van der Waals surface area contributed by atoms with Crippen LogP contribution in [-0.4, -0.2) is 24.6 Å². The number of hydrogen-bond acceptors (Lipinski definition) is 5. The van der Waals surface area contributed by atoms with Crippen LogP contribution in [0.1, 0.15) is 29.3 Å². The molecule has 1 aromatic carbocycles. The number of benzene rings is 1. The SMILES string of the molecule is CCc1c(C)nn2c(O)c(Cc3ccc([N+](=O)[O-])cc3)c(=O)[nH]c12. The summed E-state index contributed by atoms with van der Waals surface area (Å²) < 4.78 is 1.33. The maximum Gasteiger partial charge on any atom is 0.269 e. The van der Waals surface area contributed by atoms with Crippen molar-refractivity contribution in [1.82, 2.24) is 14.6 Å². The lowest BCUT2D eigenvalue weighted by Gasteiger charge is -2.06. The number of rotatable bonds is 4. The number of fused-ring (bicyclic) bond motifs is 1. The number of aromatic hydroxyl groups is 1. The molecule has 3 rings (SSSR count). The molecule has 8 heteroatoms. The zero-order chi connectivity index (χ0) is 17.4. The molecule has 0 fully saturated rings. The number of hydrogen-bond donors (Lipinski definition) is 2. The first-order valence-corrected chi connectivity index (χ1v) is 7.48. The molecule has 0 amide bonds. The second-order valence-electron chi connectivity index (χ2n) is 5.53. The van der Waals surface area contributed by atoms with Gasteiger partial charge in [0.05, 0.1) is 16.2 Å². The zero-order valence-electron chi connectivity index (χ0n) is 13.2. The molecule has 3 aromatic rings. The molecular formula is C16H16N4O4. The van der Waals surface area contributed by atoms with Crippen LogP contribution in [0.3, 0.4) is 0 Å². The van der Waals surface area contributed by atoms with Crippen molar-refractivity contribution >= 4 is 11.3 Å². The number of nitrogens with zero attached hydrogens (tertiary/aromatic N) is 3. The standard InChI is InChI=1S/C16H16N4O4/c1-3-12-9(2)18-19-14(12)17-15(21)13(16(19)22)8-10-4-6-11(7-5-10)20(23)24/h4-7,22H,3,8H2,1-2H3,(H,17,21). The average molecular weight is 328 g/mol. The van der Waals surface area contributed by atoms with Gasteiger partial charge in [-0.1, -0.05) is 19.1 Å². The van der Waals surface area contributed by atoms with Crippen LogP contribution in [-0.2, 0) is 12.8 Å². The molecule has 0 bridgehead atoms. The molecule has 0 saturated carbocycles. The van der Waals surface area contributed by atoms with Crippen LogP contribution in [0.15, 0.2) is 29.1 Å². The van der Waals surface area contributed by atoms with Crippen molar-refractivity contribution in [2.75, 3.05) is 0 Å². The molecule has 0 spiro atoms. The van der Waals surface area contributed by atoms with E-state index in [9.17, 15) is 20.0 Å². The van der Waals surface area contributed by atoms with Gasteiger partial charge < -0.3 is 10.1 Å². The molecule has 0 aliphatic heterocycles. The minimum absolute atomic E-state index is 0.0253. The number of aromatic nitrogens is 3. The van der Waals surface area contributed by atoms with Gasteiger partial charge in [-0.2, -0.15) is 9.61 Å². The van der Waals surface area contributed by atoms with Crippen molar-refractivity contribution in [3.8, 4) is 5.88 Å². The highest BCUT2D eigenvalue weighted by Crippen LogP contribution is 2.22. The summed E-state index contributed by atoms with van der Waals surface area (Å²) in [6.45, 7) is 3.77. The number of aromatic amines is 1. The summed E-state index contributed by atoms with van der Waals surface area (Å²) in [6.07, 6.45) is 0.835. The molecule has 0 aliphatic carbocycles. The van der Waals surface area contributed by atoms with E-state index in [0.717, 1.165) is 11.3 Å². The van der Waals surface area contributed by atoms with Gasteiger partial charge in [-0.15, -0.1) is 0 Å². The van der Waals surface area contributed by atoms with Crippen molar-refractivity contribution < 1.29 is 10.0 Å². The fourth-order valence-corrected chi connectivity index (χ4v) is 2.78. The fraction of sp³-hybridized carbons (Fsp3) is 0.250. The molecule has 0 aliphatic rings. The van der Waals surface area contributed by atoms with E-state index >= 15 is 0 Å². The summed E-state index contributed by atoms with van der Waals surface area (Å²) in [5.74, 6) is -0.213. The molecule has 24 heavy (non-hydrogen) atoms. The van der Waals surface area contributed by atoms with E-state index in [0.29, 0.717) is 17.6 Å². The fourth-order valence-electron chi connectivity index (χ4n) is 2.78. The predicted octanol–water partition coefficient (Wildman–Crippen LogP) is 2.10. The molecule has 2 N–H and O–H groups in total. The third-order valence-electron chi connectivity index (χ3n) is 4.04. The van der Waals surface area contributed by atoms with Crippen molar-refractivity contribution in [1.29, 1.82) is 0 Å². The van der Waals surface area contributed by atoms with Gasteiger partial charge in [0.25, 0.3) is 11.2 Å². The number of non-ortho nitro benzene ring substituents is 1. The lowest BCUT2D eigenvalue weighted by atomic mass is 10.1. The third kappa shape index (κ3) is 2.51. The molecule has 2 aromatic heterocycles. The highest BCUT2D eigenvalue weighted by atomic mass is 16.6. The van der Waals surface area contributed by atoms with Gasteiger partial charge in [-0.3, -0.25) is 14.9 Å². The van der Waals surface area contributed by atoms with Gasteiger partial charge in [-0.05, 0) is 18.9 Å². The van der Waals surface area contributed by atoms with Crippen molar-refractivity contribution in [2.24, 2.45) is 0 Å². The van der Waals surface area contributed by atoms with E-state index in [1.54, 1.807) is 12.1 Å². The Balaban J connectivity index is 2.06. The van der Waals surface area contributed by atoms with E-state index in [4.69, 9.17) is 0 Å². The summed E-state index contributed by atoms with van der Waals surface area (Å²) in [4.78, 5) is 25.3. The van der Waals surface area contributed by atoms with E-state index in [-0.39, 0.29) is 23.6 Å². The topological polar surface area (TPSA) is 114 Å². The van der Waals surface area contributed by atoms with E-state index < -0.39 is 10.5 Å². The maximum absolute atomic E-state index is 12.3. The third-order valence-corrected chi connectivity index (χ3v) is 4.04. The Morgan fingerprint density at radius 3 is 2.54 bits per heavy atom. The van der Waals surface area contributed by atoms with Crippen LogP contribution in [0.2, 0.25) is 0 Å². The van der Waals surface area contributed by atoms with E-state index in [1.807, 2.05) is 13.8 Å². The Morgan fingerprint density at radius 1 is 1.29 bits per heavy atom. The Kier molecular flexibility index (Phi) is 3.80. The second-order valence-corrected chi connectivity index (χ2v) is 5.53. The smallest absolute Gasteiger partial charge is 0.269 e. The van der Waals surface area contributed by atoms with Gasteiger partial charge >= 0.3 is 0 Å². The number of H-pyrrole nitrogens is 1. The summed E-state index contributed by atoms with van der Waals surface area (Å²) in [5, 5.41) is 25.4. The first-order chi connectivity index (χ1) is 11.4. The Hall–Kier alpha value is -3.16. The van der Waals surface area contributed by atoms with Crippen LogP contribution >= 0.6 is 0 Å². The highest BCUT2D eigenvalue weighted by molar-refractivity contribution is 5.53. The quantitative estimate of drug-likeness (QED) is 0.562. The average Bonchev–Trinajstić information content (AvgIpc) is 2.87. The molecule has 8 nitrogen and oxygen atoms in total. The molecule has 0 atom stereocenters. The van der Waals surface area contributed by atoms with Gasteiger partial charge in [-0.25, -0.2) is 0 Å². The van der Waals surface area contributed by atoms with Crippen LogP contribution in [0.4, 0.5) is 5.69 Å². The lowest BCUT2D eigenvalue weighted by Crippen LogP contribution is -2.16. The number of nitrogens with one attached hydrogen (secondary N) is 1. The van der Waals surface area contributed by atoms with Gasteiger partial charge in [0.1, 0.15) is 5.65 Å². The molecule has 124 valence electrons. The van der Waals surface area contributed by atoms with Crippen LogP contribution in [0, 0.1) is 17.0 Å². The van der Waals surface area contributed by atoms with Gasteiger partial charge in [0.15, 0.2) is 0 Å². The van der Waals surface area contributed by atoms with Gasteiger partial charge in [0, 0.05) is 24.1 Å². The highest BCUT2D eigenvalue weighted by Gasteiger charge is 2.17. The predicted molar refractivity (Wildman–Crippen MR) is 87.5 cm³/mol. The number of nitro groups is 1. The van der Waals surface area contributed by atoms with Crippen molar-refractivity contribution in [3.05, 3.63) is 67.1 Å². The van der Waals surface area contributed by atoms with E-state index in [1.165, 1.54) is 16.6 Å². The number of aryl methyl sites for hydroxylation is 2. The van der Waals surface area contributed by atoms with Crippen molar-refractivity contribution in [3.63, 3.8) is 0 Å². The molecule has 2 heterocycles. The minimum Gasteiger partial charge on any atom is -0.493 e. The Bertz CT molecular complexity index is 986. The summed E-state index contributed by atoms with van der Waals surface area (Å²) in [5.41, 5.74) is 2.54. The molecule has 0 saturated heterocycles. The Morgan fingerprint density at radius 2 is 1.96 bits per heavy atom. The van der Waals surface area contributed by atoms with Crippen LogP contribution in [0.5, 0.6) is 5.88 Å². The first kappa shape index (κ1) is 15.7. The Labute approximate surface area is 136 Å². The summed E-state index contributed by atoms with van der Waals surface area (Å²) in [7, 11) is 0. The van der Waals surface area contributed by atoms with Crippen LogP contribution < -0.4 is 5.56 Å². The van der Waals surface area contributed by atoms with Gasteiger partial charge in [0.2, 0.25) is 5.88 Å². The summed E-state index contributed by atoms with van der Waals surface area (Å²) in [6, 6.07) is 5.86. The van der Waals surface area contributed by atoms with Crippen molar-refractivity contribution in [2.45, 2.75) is 26.7 Å². The number of nitro benzene ring substituents is 1. The normalized spacial score (nSPS) is 11.1. The maximum atomic E-state index is 12.3. The summed E-state index contributed by atoms with van der Waals surface area (Å²) >= 11 is 0. The zero-order valence-corrected chi connectivity index (χ0v) is 13.2. The largest absolute Gasteiger partial charge is 0.493 e. The van der Waals surface area contributed by atoms with Crippen LogP contribution in [0.25, 0.3) is 5.65 Å². The molecule has 0 unspecified atom stereocenters. The molecule has 0 radical (unpaired) electrons. The monoisotopic (exact) mass is 328 g/mol. The second kappa shape index (κ2) is 5.80. The van der Waals surface area contributed by atoms with E-state index in [2.05, 4.69) is 10.1 Å².